The van der Waals surface area contributed by atoms with Crippen molar-refractivity contribution in [1.29, 1.82) is 0 Å². The summed E-state index contributed by atoms with van der Waals surface area (Å²) in [5.41, 5.74) is 0. The van der Waals surface area contributed by atoms with Crippen LogP contribution in [0.25, 0.3) is 0 Å². The Kier molecular flexibility index (Phi) is 6.44. The van der Waals surface area contributed by atoms with E-state index >= 15 is 0 Å². The van der Waals surface area contributed by atoms with E-state index in [4.69, 9.17) is 26.9 Å². The zero-order valence-electron chi connectivity index (χ0n) is 4.86. The monoisotopic (exact) mass is 172 g/mol. The summed E-state index contributed by atoms with van der Waals surface area (Å²) in [5, 5.41) is 0. The molecular weight excluding hydrogens is 163 g/mol. The fourth-order valence-corrected chi connectivity index (χ4v) is 1.20. The van der Waals surface area contributed by atoms with Gasteiger partial charge in [0, 0.05) is 13.2 Å². The lowest BCUT2D eigenvalue weighted by atomic mass is 10.8. The van der Waals surface area contributed by atoms with Crippen LogP contribution in [0.4, 0.5) is 0 Å². The van der Waals surface area contributed by atoms with Gasteiger partial charge in [-0.1, -0.05) is 0 Å². The summed E-state index contributed by atoms with van der Waals surface area (Å²) in [4.78, 5) is 0. The Morgan fingerprint density at radius 1 is 1.50 bits per heavy atom. The fourth-order valence-electron chi connectivity index (χ4n) is 0.317. The average molecular weight is 173 g/mol. The van der Waals surface area contributed by atoms with E-state index in [1.165, 1.54) is 0 Å². The largest absolute Gasteiger partial charge is 0.382 e. The maximum absolute atomic E-state index is 5.54. The van der Waals surface area contributed by atoms with Crippen molar-refractivity contribution < 1.29 is 4.74 Å². The van der Waals surface area contributed by atoms with E-state index in [2.05, 4.69) is 0 Å². The zero-order chi connectivity index (χ0) is 6.41. The molecule has 8 heavy (non-hydrogen) atoms. The van der Waals surface area contributed by atoms with Crippen LogP contribution in [-0.4, -0.2) is 20.6 Å². The molecule has 0 rings (SSSR count). The second-order valence-electron chi connectivity index (χ2n) is 1.38. The second-order valence-corrected chi connectivity index (χ2v) is 6.57. The van der Waals surface area contributed by atoms with Crippen LogP contribution in [0.2, 0.25) is 6.04 Å². The van der Waals surface area contributed by atoms with Gasteiger partial charge in [-0.3, -0.25) is 0 Å². The molecule has 0 radical (unpaired) electrons. The van der Waals surface area contributed by atoms with Crippen molar-refractivity contribution in [2.24, 2.45) is 0 Å². The zero-order valence-corrected chi connectivity index (χ0v) is 7.53. The average Bonchev–Trinajstić information content (AvgIpc) is 1.66. The molecule has 0 aromatic carbocycles. The van der Waals surface area contributed by atoms with Crippen molar-refractivity contribution in [2.75, 3.05) is 13.2 Å². The van der Waals surface area contributed by atoms with Crippen LogP contribution in [0.5, 0.6) is 0 Å². The number of rotatable bonds is 4. The maximum atomic E-state index is 5.54. The molecule has 4 heteroatoms. The molecule has 0 aromatic rings. The Bertz CT molecular complexity index is 51.3. The summed E-state index contributed by atoms with van der Waals surface area (Å²) in [5.74, 6) is 0. The van der Waals surface area contributed by atoms with Crippen LogP contribution >= 0.6 is 22.2 Å². The molecule has 0 fully saturated rings. The summed E-state index contributed by atoms with van der Waals surface area (Å²) >= 11 is 11.1. The van der Waals surface area contributed by atoms with Gasteiger partial charge in [0.1, 0.15) is 0 Å². The van der Waals surface area contributed by atoms with Gasteiger partial charge in [0.15, 0.2) is 0 Å². The molecule has 0 aliphatic rings. The first-order chi connectivity index (χ1) is 3.77. The quantitative estimate of drug-likeness (QED) is 0.357. The third-order valence-corrected chi connectivity index (χ3v) is 2.67. The molecular formula is C4H10Cl2OSi. The van der Waals surface area contributed by atoms with E-state index in [9.17, 15) is 0 Å². The van der Waals surface area contributed by atoms with Crippen LogP contribution in [0, 0.1) is 0 Å². The van der Waals surface area contributed by atoms with Gasteiger partial charge >= 0.3 is 0 Å². The SMILES string of the molecule is CCOCC[SiH](Cl)Cl. The molecule has 0 unspecified atom stereocenters. The van der Waals surface area contributed by atoms with Crippen LogP contribution < -0.4 is 0 Å². The molecule has 0 saturated heterocycles. The first kappa shape index (κ1) is 8.76. The van der Waals surface area contributed by atoms with E-state index in [1.807, 2.05) is 6.92 Å². The minimum atomic E-state index is -1.38. The van der Waals surface area contributed by atoms with Crippen molar-refractivity contribution >= 4 is 29.6 Å². The van der Waals surface area contributed by atoms with Gasteiger partial charge in [-0.25, -0.2) is 0 Å². The van der Waals surface area contributed by atoms with Crippen molar-refractivity contribution in [2.45, 2.75) is 13.0 Å². The van der Waals surface area contributed by atoms with E-state index < -0.39 is 7.42 Å². The summed E-state index contributed by atoms with van der Waals surface area (Å²) in [6, 6.07) is 0.858. The number of ether oxygens (including phenoxy) is 1. The van der Waals surface area contributed by atoms with Gasteiger partial charge in [-0.05, 0) is 13.0 Å². The Morgan fingerprint density at radius 3 is 2.50 bits per heavy atom. The molecule has 0 amide bonds. The molecule has 0 aliphatic heterocycles. The molecule has 0 N–H and O–H groups in total. The number of hydrogen-bond acceptors (Lipinski definition) is 1. The van der Waals surface area contributed by atoms with E-state index in [0.717, 1.165) is 19.3 Å². The van der Waals surface area contributed by atoms with Crippen molar-refractivity contribution in [3.8, 4) is 0 Å². The minimum Gasteiger partial charge on any atom is -0.382 e. The lowest BCUT2D eigenvalue weighted by Gasteiger charge is -1.97. The molecule has 0 bridgehead atoms. The standard InChI is InChI=1S/C4H10Cl2OSi/c1-2-7-3-4-8(5)6/h8H,2-4H2,1H3. The van der Waals surface area contributed by atoms with Crippen LogP contribution in [0.1, 0.15) is 6.92 Å². The Hall–Kier alpha value is 0.757. The lowest BCUT2D eigenvalue weighted by molar-refractivity contribution is 0.162. The predicted octanol–water partition coefficient (Wildman–Crippen LogP) is 1.72. The summed E-state index contributed by atoms with van der Waals surface area (Å²) in [6.45, 7) is 3.44. The molecule has 0 aromatic heterocycles. The normalized spacial score (nSPS) is 10.5. The van der Waals surface area contributed by atoms with Crippen LogP contribution in [-0.2, 0) is 4.74 Å². The number of halogens is 2. The van der Waals surface area contributed by atoms with Gasteiger partial charge in [0.25, 0.3) is 0 Å². The minimum absolute atomic E-state index is 0.723. The van der Waals surface area contributed by atoms with E-state index in [0.29, 0.717) is 0 Å². The molecule has 0 spiro atoms. The third-order valence-electron chi connectivity index (χ3n) is 0.685. The summed E-state index contributed by atoms with van der Waals surface area (Å²) < 4.78 is 5.01. The van der Waals surface area contributed by atoms with Crippen LogP contribution in [0.15, 0.2) is 0 Å². The first-order valence-corrected chi connectivity index (χ1v) is 6.94. The van der Waals surface area contributed by atoms with Gasteiger partial charge in [0.2, 0.25) is 7.42 Å². The molecule has 50 valence electrons. The van der Waals surface area contributed by atoms with E-state index in [-0.39, 0.29) is 0 Å². The topological polar surface area (TPSA) is 9.23 Å². The second kappa shape index (κ2) is 5.89. The highest BCUT2D eigenvalue weighted by atomic mass is 35.7. The predicted molar refractivity (Wildman–Crippen MR) is 40.2 cm³/mol. The van der Waals surface area contributed by atoms with Crippen molar-refractivity contribution in [3.63, 3.8) is 0 Å². The van der Waals surface area contributed by atoms with Crippen molar-refractivity contribution in [1.82, 2.24) is 0 Å². The Labute approximate surface area is 60.9 Å². The van der Waals surface area contributed by atoms with Crippen LogP contribution in [0.3, 0.4) is 0 Å². The van der Waals surface area contributed by atoms with Gasteiger partial charge in [-0.15, -0.1) is 0 Å². The summed E-state index contributed by atoms with van der Waals surface area (Å²) in [7, 11) is -1.38. The summed E-state index contributed by atoms with van der Waals surface area (Å²) in [6.07, 6.45) is 0. The van der Waals surface area contributed by atoms with Crippen molar-refractivity contribution in [3.05, 3.63) is 0 Å². The smallest absolute Gasteiger partial charge is 0.239 e. The molecule has 0 saturated carbocycles. The first-order valence-electron chi connectivity index (χ1n) is 2.63. The number of hydrogen-bond donors (Lipinski definition) is 0. The van der Waals surface area contributed by atoms with Gasteiger partial charge in [-0.2, -0.15) is 22.2 Å². The molecule has 0 aliphatic carbocycles. The highest BCUT2D eigenvalue weighted by molar-refractivity contribution is 7.33. The molecule has 0 heterocycles. The highest BCUT2D eigenvalue weighted by Crippen LogP contribution is 2.01. The molecule has 1 nitrogen and oxygen atoms in total. The Balaban J connectivity index is 2.72. The highest BCUT2D eigenvalue weighted by Gasteiger charge is 1.98. The Morgan fingerprint density at radius 2 is 2.12 bits per heavy atom. The maximum Gasteiger partial charge on any atom is 0.239 e. The fraction of sp³-hybridized carbons (Fsp3) is 1.00. The molecule has 0 atom stereocenters. The van der Waals surface area contributed by atoms with Gasteiger partial charge < -0.3 is 4.74 Å². The van der Waals surface area contributed by atoms with E-state index in [1.54, 1.807) is 0 Å². The third kappa shape index (κ3) is 6.76. The lowest BCUT2D eigenvalue weighted by Crippen LogP contribution is -2.00. The van der Waals surface area contributed by atoms with Gasteiger partial charge in [0.05, 0.1) is 0 Å².